The Labute approximate surface area is 225 Å². The number of thioether (sulfide) groups is 1. The summed E-state index contributed by atoms with van der Waals surface area (Å²) >= 11 is 3.01. The standard InChI is InChI=1S/C27H32N4O4S2/c1-17(2)15-22(23(32)26-30-31-27(35-26)37-16-19-11-8-14-36-19)29-25(34)20-12-6-7-13-21(20)28-24(33)18-9-4-3-5-10-18/h3-5,8-11,14,17,20-22H,6-7,12-13,15-16H2,1-2H3,(H,28,33)(H,29,34)/t20-,21+,22?/m1/s1. The summed E-state index contributed by atoms with van der Waals surface area (Å²) in [5.74, 6) is -0.497. The topological polar surface area (TPSA) is 114 Å². The van der Waals surface area contributed by atoms with Crippen LogP contribution in [0, 0.1) is 11.8 Å². The van der Waals surface area contributed by atoms with Gasteiger partial charge in [0.05, 0.1) is 12.0 Å². The molecular weight excluding hydrogens is 508 g/mol. The van der Waals surface area contributed by atoms with E-state index in [9.17, 15) is 14.4 Å². The van der Waals surface area contributed by atoms with E-state index in [1.54, 1.807) is 23.5 Å². The molecule has 0 bridgehead atoms. The Morgan fingerprint density at radius 1 is 1.08 bits per heavy atom. The van der Waals surface area contributed by atoms with Crippen molar-refractivity contribution in [2.75, 3.05) is 0 Å². The van der Waals surface area contributed by atoms with Crippen LogP contribution in [-0.2, 0) is 10.5 Å². The molecule has 0 aliphatic heterocycles. The van der Waals surface area contributed by atoms with Crippen molar-refractivity contribution < 1.29 is 18.8 Å². The molecule has 2 heterocycles. The summed E-state index contributed by atoms with van der Waals surface area (Å²) < 4.78 is 5.64. The lowest BCUT2D eigenvalue weighted by Crippen LogP contribution is -2.52. The minimum atomic E-state index is -0.782. The fraction of sp³-hybridized carbons (Fsp3) is 0.444. The molecule has 2 amide bonds. The molecule has 1 unspecified atom stereocenters. The maximum Gasteiger partial charge on any atom is 0.286 e. The molecule has 0 saturated heterocycles. The van der Waals surface area contributed by atoms with Gasteiger partial charge in [0.25, 0.3) is 17.0 Å². The number of aromatic nitrogens is 2. The number of Topliss-reactive ketones (excluding diaryl/α,β-unsaturated/α-hetero) is 1. The van der Waals surface area contributed by atoms with Crippen LogP contribution in [0.3, 0.4) is 0 Å². The highest BCUT2D eigenvalue weighted by atomic mass is 32.2. The number of nitrogens with one attached hydrogen (secondary N) is 2. The number of benzene rings is 1. The van der Waals surface area contributed by atoms with Crippen molar-refractivity contribution in [3.63, 3.8) is 0 Å². The van der Waals surface area contributed by atoms with Gasteiger partial charge in [0.2, 0.25) is 11.7 Å². The Hall–Kier alpha value is -2.98. The van der Waals surface area contributed by atoms with Crippen LogP contribution in [0.2, 0.25) is 0 Å². The summed E-state index contributed by atoms with van der Waals surface area (Å²) in [4.78, 5) is 40.6. The Morgan fingerprint density at radius 2 is 1.86 bits per heavy atom. The number of carbonyl (C=O) groups is 3. The molecule has 10 heteroatoms. The fourth-order valence-electron chi connectivity index (χ4n) is 4.48. The van der Waals surface area contributed by atoms with Gasteiger partial charge in [-0.05, 0) is 48.8 Å². The normalized spacial score (nSPS) is 18.4. The predicted octanol–water partition coefficient (Wildman–Crippen LogP) is 5.13. The van der Waals surface area contributed by atoms with Crippen molar-refractivity contribution in [1.82, 2.24) is 20.8 Å². The minimum Gasteiger partial charge on any atom is -0.408 e. The highest BCUT2D eigenvalue weighted by molar-refractivity contribution is 7.98. The summed E-state index contributed by atoms with van der Waals surface area (Å²) in [5, 5.41) is 16.3. The van der Waals surface area contributed by atoms with Crippen LogP contribution in [0.1, 0.15) is 71.9 Å². The molecule has 1 aromatic carbocycles. The molecule has 37 heavy (non-hydrogen) atoms. The molecule has 196 valence electrons. The van der Waals surface area contributed by atoms with Gasteiger partial charge in [0, 0.05) is 22.2 Å². The van der Waals surface area contributed by atoms with Crippen LogP contribution in [-0.4, -0.2) is 39.9 Å². The van der Waals surface area contributed by atoms with Crippen molar-refractivity contribution in [2.24, 2.45) is 11.8 Å². The first-order chi connectivity index (χ1) is 17.9. The van der Waals surface area contributed by atoms with Crippen molar-refractivity contribution >= 4 is 40.7 Å². The van der Waals surface area contributed by atoms with Crippen LogP contribution in [0.4, 0.5) is 0 Å². The minimum absolute atomic E-state index is 0.0998. The van der Waals surface area contributed by atoms with Crippen molar-refractivity contribution in [1.29, 1.82) is 0 Å². The molecule has 2 N–H and O–H groups in total. The van der Waals surface area contributed by atoms with E-state index < -0.39 is 17.7 Å². The molecular formula is C27H32N4O4S2. The first-order valence-corrected chi connectivity index (χ1v) is 14.5. The lowest BCUT2D eigenvalue weighted by molar-refractivity contribution is -0.127. The Balaban J connectivity index is 1.41. The lowest BCUT2D eigenvalue weighted by atomic mass is 9.83. The second-order valence-corrected chi connectivity index (χ2v) is 11.6. The van der Waals surface area contributed by atoms with Crippen molar-refractivity contribution in [3.8, 4) is 0 Å². The van der Waals surface area contributed by atoms with Crippen molar-refractivity contribution in [3.05, 3.63) is 64.2 Å². The SMILES string of the molecule is CC(C)CC(NC(=O)[C@@H]1CCCC[C@@H]1NC(=O)c1ccccc1)C(=O)c1nnc(SCc2cccs2)o1. The number of carbonyl (C=O) groups excluding carboxylic acids is 3. The van der Waals surface area contributed by atoms with E-state index in [0.29, 0.717) is 35.8 Å². The van der Waals surface area contributed by atoms with Gasteiger partial charge in [-0.1, -0.05) is 62.7 Å². The van der Waals surface area contributed by atoms with E-state index in [2.05, 4.69) is 20.8 Å². The van der Waals surface area contributed by atoms with Gasteiger partial charge in [-0.15, -0.1) is 21.5 Å². The summed E-state index contributed by atoms with van der Waals surface area (Å²) in [7, 11) is 0. The van der Waals surface area contributed by atoms with E-state index in [0.717, 1.165) is 12.8 Å². The first kappa shape index (κ1) is 27.1. The molecule has 4 rings (SSSR count). The molecule has 1 aliphatic rings. The first-order valence-electron chi connectivity index (χ1n) is 12.6. The maximum atomic E-state index is 13.4. The second-order valence-electron chi connectivity index (χ2n) is 9.63. The zero-order valence-corrected chi connectivity index (χ0v) is 22.6. The molecule has 2 aromatic heterocycles. The van der Waals surface area contributed by atoms with Crippen LogP contribution in [0.5, 0.6) is 0 Å². The molecule has 0 spiro atoms. The average molecular weight is 541 g/mol. The van der Waals surface area contributed by atoms with Gasteiger partial charge in [-0.3, -0.25) is 14.4 Å². The monoisotopic (exact) mass is 540 g/mol. The Morgan fingerprint density at radius 3 is 2.59 bits per heavy atom. The summed E-state index contributed by atoms with van der Waals surface area (Å²) in [6, 6.07) is 11.9. The number of nitrogens with zero attached hydrogens (tertiary/aromatic N) is 2. The Kier molecular flexibility index (Phi) is 9.51. The van der Waals surface area contributed by atoms with Crippen LogP contribution in [0.15, 0.2) is 57.5 Å². The third-order valence-corrected chi connectivity index (χ3v) is 8.26. The molecule has 0 radical (unpaired) electrons. The number of thiophene rings is 1. The number of hydrogen-bond donors (Lipinski definition) is 2. The maximum absolute atomic E-state index is 13.4. The van der Waals surface area contributed by atoms with E-state index in [1.807, 2.05) is 49.6 Å². The summed E-state index contributed by atoms with van der Waals surface area (Å²) in [5.41, 5.74) is 0.559. The van der Waals surface area contributed by atoms with Gasteiger partial charge < -0.3 is 15.1 Å². The van der Waals surface area contributed by atoms with Crippen LogP contribution >= 0.6 is 23.1 Å². The highest BCUT2D eigenvalue weighted by Gasteiger charge is 2.35. The van der Waals surface area contributed by atoms with E-state index in [1.165, 1.54) is 16.6 Å². The van der Waals surface area contributed by atoms with Crippen LogP contribution in [0.25, 0.3) is 0 Å². The number of amides is 2. The van der Waals surface area contributed by atoms with E-state index >= 15 is 0 Å². The summed E-state index contributed by atoms with van der Waals surface area (Å²) in [6.07, 6.45) is 3.64. The molecule has 1 fully saturated rings. The number of hydrogen-bond acceptors (Lipinski definition) is 8. The molecule has 8 nitrogen and oxygen atoms in total. The van der Waals surface area contributed by atoms with Gasteiger partial charge in [-0.2, -0.15) is 0 Å². The van der Waals surface area contributed by atoms with Crippen molar-refractivity contribution in [2.45, 2.75) is 69.0 Å². The zero-order valence-electron chi connectivity index (χ0n) is 21.0. The number of rotatable bonds is 11. The molecule has 3 aromatic rings. The second kappa shape index (κ2) is 13.0. The highest BCUT2D eigenvalue weighted by Crippen LogP contribution is 2.27. The molecule has 1 aliphatic carbocycles. The van der Waals surface area contributed by atoms with E-state index in [4.69, 9.17) is 4.42 Å². The largest absolute Gasteiger partial charge is 0.408 e. The van der Waals surface area contributed by atoms with Gasteiger partial charge in [0.15, 0.2) is 0 Å². The zero-order chi connectivity index (χ0) is 26.2. The smallest absolute Gasteiger partial charge is 0.286 e. The lowest BCUT2D eigenvalue weighted by Gasteiger charge is -2.32. The third-order valence-electron chi connectivity index (χ3n) is 6.33. The summed E-state index contributed by atoms with van der Waals surface area (Å²) in [6.45, 7) is 3.98. The van der Waals surface area contributed by atoms with E-state index in [-0.39, 0.29) is 29.7 Å². The molecule has 1 saturated carbocycles. The van der Waals surface area contributed by atoms with Crippen LogP contribution < -0.4 is 10.6 Å². The van der Waals surface area contributed by atoms with Gasteiger partial charge >= 0.3 is 0 Å². The third kappa shape index (κ3) is 7.52. The fourth-order valence-corrected chi connectivity index (χ4v) is 6.02. The number of ketones is 1. The van der Waals surface area contributed by atoms with Gasteiger partial charge in [0.1, 0.15) is 0 Å². The molecule has 3 atom stereocenters. The predicted molar refractivity (Wildman–Crippen MR) is 144 cm³/mol. The average Bonchev–Trinajstić information content (AvgIpc) is 3.59. The quantitative estimate of drug-likeness (QED) is 0.256. The van der Waals surface area contributed by atoms with Gasteiger partial charge in [-0.25, -0.2) is 0 Å². The Bertz CT molecular complexity index is 1180.